The van der Waals surface area contributed by atoms with E-state index in [0.29, 0.717) is 31.0 Å². The Labute approximate surface area is 187 Å². The second-order valence-electron chi connectivity index (χ2n) is 9.69. The minimum atomic E-state index is -0.0445. The number of carbonyl (C=O) groups excluding carboxylic acids is 2. The number of aryl methyl sites for hydroxylation is 1. The molecule has 1 aliphatic carbocycles. The summed E-state index contributed by atoms with van der Waals surface area (Å²) in [5.41, 5.74) is 2.01. The third kappa shape index (κ3) is 5.22. The van der Waals surface area contributed by atoms with Crippen molar-refractivity contribution >= 4 is 17.6 Å². The standard InChI is InChI=1S/C25H38N4O2/c1-19-10-12-22(13-11-19)26-25(31)28-17-15-27(16-18-28)23(21-8-3-4-9-21)24(30)29-14-6-5-7-20(29)2/h10-13,20-21,23H,3-9,14-18H2,1-2H3,(H,26,31)/t20-,23+/m1/s1. The van der Waals surface area contributed by atoms with Crippen molar-refractivity contribution in [2.45, 2.75) is 70.9 Å². The molecule has 1 saturated carbocycles. The third-order valence-corrected chi connectivity index (χ3v) is 7.48. The molecule has 2 saturated heterocycles. The second-order valence-corrected chi connectivity index (χ2v) is 9.69. The van der Waals surface area contributed by atoms with Crippen molar-refractivity contribution < 1.29 is 9.59 Å². The summed E-state index contributed by atoms with van der Waals surface area (Å²) in [6, 6.07) is 8.20. The number of anilines is 1. The molecular weight excluding hydrogens is 388 g/mol. The first-order valence-corrected chi connectivity index (χ1v) is 12.2. The number of nitrogens with zero attached hydrogens (tertiary/aromatic N) is 3. The molecule has 1 N–H and O–H groups in total. The molecule has 3 aliphatic rings. The number of urea groups is 1. The van der Waals surface area contributed by atoms with E-state index in [1.54, 1.807) is 0 Å². The minimum absolute atomic E-state index is 0.00893. The normalized spacial score (nSPS) is 24.3. The number of piperidine rings is 1. The predicted molar refractivity (Wildman–Crippen MR) is 124 cm³/mol. The van der Waals surface area contributed by atoms with Gasteiger partial charge in [0.05, 0.1) is 6.04 Å². The van der Waals surface area contributed by atoms with Gasteiger partial charge in [-0.25, -0.2) is 4.79 Å². The molecule has 2 aliphatic heterocycles. The number of amides is 3. The number of hydrogen-bond donors (Lipinski definition) is 1. The summed E-state index contributed by atoms with van der Waals surface area (Å²) in [6.07, 6.45) is 8.27. The number of nitrogens with one attached hydrogen (secondary N) is 1. The molecule has 0 aromatic heterocycles. The summed E-state index contributed by atoms with van der Waals surface area (Å²) in [5.74, 6) is 0.811. The fourth-order valence-electron chi connectivity index (χ4n) is 5.57. The second kappa shape index (κ2) is 10.0. The number of benzene rings is 1. The van der Waals surface area contributed by atoms with E-state index in [1.807, 2.05) is 36.1 Å². The minimum Gasteiger partial charge on any atom is -0.339 e. The first-order valence-electron chi connectivity index (χ1n) is 12.2. The smallest absolute Gasteiger partial charge is 0.321 e. The van der Waals surface area contributed by atoms with Crippen LogP contribution in [0.2, 0.25) is 0 Å². The highest BCUT2D eigenvalue weighted by Gasteiger charge is 2.40. The Kier molecular flexibility index (Phi) is 7.16. The summed E-state index contributed by atoms with van der Waals surface area (Å²) in [5, 5.41) is 3.01. The Morgan fingerprint density at radius 3 is 2.19 bits per heavy atom. The number of hydrogen-bond acceptors (Lipinski definition) is 3. The molecule has 6 nitrogen and oxygen atoms in total. The van der Waals surface area contributed by atoms with E-state index in [2.05, 4.69) is 22.0 Å². The Balaban J connectivity index is 1.38. The molecule has 2 heterocycles. The zero-order valence-corrected chi connectivity index (χ0v) is 19.2. The molecule has 1 aromatic rings. The van der Waals surface area contributed by atoms with Crippen LogP contribution in [0.25, 0.3) is 0 Å². The monoisotopic (exact) mass is 426 g/mol. The first-order chi connectivity index (χ1) is 15.0. The molecule has 3 amide bonds. The van der Waals surface area contributed by atoms with Crippen LogP contribution >= 0.6 is 0 Å². The van der Waals surface area contributed by atoms with Crippen LogP contribution in [0.15, 0.2) is 24.3 Å². The van der Waals surface area contributed by atoms with E-state index >= 15 is 0 Å². The lowest BCUT2D eigenvalue weighted by molar-refractivity contribution is -0.143. The van der Waals surface area contributed by atoms with Crippen LogP contribution in [-0.4, -0.2) is 71.4 Å². The first kappa shape index (κ1) is 22.1. The predicted octanol–water partition coefficient (Wildman–Crippen LogP) is 4.10. The van der Waals surface area contributed by atoms with Gasteiger partial charge < -0.3 is 15.1 Å². The van der Waals surface area contributed by atoms with Crippen LogP contribution in [-0.2, 0) is 4.79 Å². The molecule has 170 valence electrons. The maximum atomic E-state index is 13.7. The summed E-state index contributed by atoms with van der Waals surface area (Å²) >= 11 is 0. The van der Waals surface area contributed by atoms with Crippen LogP contribution in [0.3, 0.4) is 0 Å². The van der Waals surface area contributed by atoms with Crippen molar-refractivity contribution in [3.63, 3.8) is 0 Å². The lowest BCUT2D eigenvalue weighted by atomic mass is 9.92. The van der Waals surface area contributed by atoms with Crippen molar-refractivity contribution in [3.8, 4) is 0 Å². The lowest BCUT2D eigenvalue weighted by Gasteiger charge is -2.44. The molecule has 0 bridgehead atoms. The van der Waals surface area contributed by atoms with Crippen LogP contribution in [0.1, 0.15) is 57.4 Å². The fourth-order valence-corrected chi connectivity index (χ4v) is 5.57. The fraction of sp³-hybridized carbons (Fsp3) is 0.680. The van der Waals surface area contributed by atoms with Gasteiger partial charge in [-0.3, -0.25) is 9.69 Å². The van der Waals surface area contributed by atoms with E-state index in [1.165, 1.54) is 24.8 Å². The van der Waals surface area contributed by atoms with Gasteiger partial charge in [-0.1, -0.05) is 30.5 Å². The quantitative estimate of drug-likeness (QED) is 0.788. The van der Waals surface area contributed by atoms with Gasteiger partial charge in [0.1, 0.15) is 0 Å². The molecule has 31 heavy (non-hydrogen) atoms. The highest BCUT2D eigenvalue weighted by Crippen LogP contribution is 2.33. The number of carbonyl (C=O) groups is 2. The summed E-state index contributed by atoms with van der Waals surface area (Å²) in [6.45, 7) is 8.04. The highest BCUT2D eigenvalue weighted by atomic mass is 16.2. The van der Waals surface area contributed by atoms with E-state index in [0.717, 1.165) is 51.0 Å². The van der Waals surface area contributed by atoms with Gasteiger partial charge in [0.25, 0.3) is 0 Å². The largest absolute Gasteiger partial charge is 0.339 e. The SMILES string of the molecule is Cc1ccc(NC(=O)N2CCN([C@H](C(=O)N3CCCC[C@H]3C)C3CCCC3)CC2)cc1. The van der Waals surface area contributed by atoms with Gasteiger partial charge >= 0.3 is 6.03 Å². The Morgan fingerprint density at radius 1 is 0.903 bits per heavy atom. The average molecular weight is 427 g/mol. The van der Waals surface area contributed by atoms with E-state index in [-0.39, 0.29) is 12.1 Å². The van der Waals surface area contributed by atoms with Gasteiger partial charge in [0.15, 0.2) is 0 Å². The molecule has 0 spiro atoms. The lowest BCUT2D eigenvalue weighted by Crippen LogP contribution is -2.60. The highest BCUT2D eigenvalue weighted by molar-refractivity contribution is 5.89. The number of rotatable bonds is 4. The van der Waals surface area contributed by atoms with Gasteiger partial charge in [-0.2, -0.15) is 0 Å². The van der Waals surface area contributed by atoms with E-state index < -0.39 is 0 Å². The van der Waals surface area contributed by atoms with Gasteiger partial charge in [-0.15, -0.1) is 0 Å². The maximum Gasteiger partial charge on any atom is 0.321 e. The Bertz CT molecular complexity index is 751. The summed E-state index contributed by atoms with van der Waals surface area (Å²) in [7, 11) is 0. The molecule has 0 radical (unpaired) electrons. The zero-order chi connectivity index (χ0) is 21.8. The van der Waals surface area contributed by atoms with Crippen molar-refractivity contribution in [2.24, 2.45) is 5.92 Å². The van der Waals surface area contributed by atoms with Crippen LogP contribution in [0, 0.1) is 12.8 Å². The van der Waals surface area contributed by atoms with Crippen LogP contribution in [0.5, 0.6) is 0 Å². The van der Waals surface area contributed by atoms with Gasteiger partial charge in [0.2, 0.25) is 5.91 Å². The van der Waals surface area contributed by atoms with Gasteiger partial charge in [0, 0.05) is 44.5 Å². The Hall–Kier alpha value is -2.08. The molecule has 2 atom stereocenters. The van der Waals surface area contributed by atoms with Crippen molar-refractivity contribution in [3.05, 3.63) is 29.8 Å². The number of likely N-dealkylation sites (tertiary alicyclic amines) is 1. The Morgan fingerprint density at radius 2 is 1.55 bits per heavy atom. The van der Waals surface area contributed by atoms with Gasteiger partial charge in [-0.05, 0) is 64.0 Å². The molecule has 1 aromatic carbocycles. The van der Waals surface area contributed by atoms with Crippen molar-refractivity contribution in [1.82, 2.24) is 14.7 Å². The molecule has 3 fully saturated rings. The average Bonchev–Trinajstić information content (AvgIpc) is 3.30. The molecule has 0 unspecified atom stereocenters. The molecule has 6 heteroatoms. The number of piperazine rings is 1. The van der Waals surface area contributed by atoms with Crippen molar-refractivity contribution in [2.75, 3.05) is 38.0 Å². The van der Waals surface area contributed by atoms with E-state index in [9.17, 15) is 9.59 Å². The topological polar surface area (TPSA) is 55.9 Å². The molecular formula is C25H38N4O2. The summed E-state index contributed by atoms with van der Waals surface area (Å²) < 4.78 is 0. The zero-order valence-electron chi connectivity index (χ0n) is 19.2. The third-order valence-electron chi connectivity index (χ3n) is 7.48. The molecule has 4 rings (SSSR count). The van der Waals surface area contributed by atoms with Crippen LogP contribution < -0.4 is 5.32 Å². The van der Waals surface area contributed by atoms with E-state index in [4.69, 9.17) is 0 Å². The summed E-state index contributed by atoms with van der Waals surface area (Å²) in [4.78, 5) is 32.8. The van der Waals surface area contributed by atoms with Crippen LogP contribution in [0.4, 0.5) is 10.5 Å². The maximum absolute atomic E-state index is 13.7. The van der Waals surface area contributed by atoms with Crippen molar-refractivity contribution in [1.29, 1.82) is 0 Å².